The zero-order valence-corrected chi connectivity index (χ0v) is 15.2. The Hall–Kier alpha value is -1.42. The third-order valence-corrected chi connectivity index (χ3v) is 2.59. The second kappa shape index (κ2) is 9.51. The summed E-state index contributed by atoms with van der Waals surface area (Å²) in [7, 11) is 0. The first-order chi connectivity index (χ1) is 9.40. The molecule has 2 aromatic rings. The van der Waals surface area contributed by atoms with Gasteiger partial charge in [0.05, 0.1) is 11.9 Å². The first-order valence-electron chi connectivity index (χ1n) is 5.34. The first-order valence-corrected chi connectivity index (χ1v) is 6.09. The van der Waals surface area contributed by atoms with Gasteiger partial charge in [-0.3, -0.25) is 0 Å². The van der Waals surface area contributed by atoms with E-state index in [1.165, 1.54) is 24.3 Å². The van der Waals surface area contributed by atoms with Gasteiger partial charge in [-0.05, 0) is 35.4 Å². The Morgan fingerprint density at radius 1 is 0.762 bits per heavy atom. The molecule has 2 aromatic carbocycles. The summed E-state index contributed by atoms with van der Waals surface area (Å²) in [5, 5.41) is 21.2. The molecule has 0 saturated heterocycles. The van der Waals surface area contributed by atoms with Crippen molar-refractivity contribution in [2.45, 2.75) is 0 Å². The zero-order valence-electron chi connectivity index (χ0n) is 10.7. The van der Waals surface area contributed by atoms with Gasteiger partial charge in [-0.25, -0.2) is 0 Å². The summed E-state index contributed by atoms with van der Waals surface area (Å²) in [6.45, 7) is 0. The topological polar surface area (TPSA) is 80.3 Å². The number of aromatic carboxylic acids is 2. The van der Waals surface area contributed by atoms with E-state index in [-0.39, 0.29) is 30.6 Å². The third kappa shape index (κ3) is 7.23. The summed E-state index contributed by atoms with van der Waals surface area (Å²) in [5.74, 6) is -2.41. The van der Waals surface area contributed by atoms with E-state index in [2.05, 4.69) is 0 Å². The molecule has 2 rings (SSSR count). The molecule has 0 aliphatic heterocycles. The number of hydrogen-bond acceptors (Lipinski definition) is 4. The summed E-state index contributed by atoms with van der Waals surface area (Å²) in [5.41, 5.74) is 0.208. The van der Waals surface area contributed by atoms with Crippen molar-refractivity contribution < 1.29 is 39.3 Å². The average Bonchev–Trinajstić information content (AvgIpc) is 2.39. The number of benzene rings is 2. The van der Waals surface area contributed by atoms with Crippen molar-refractivity contribution in [2.75, 3.05) is 0 Å². The fraction of sp³-hybridized carbons (Fsp3) is 0. The van der Waals surface area contributed by atoms with E-state index in [0.29, 0.717) is 10.0 Å². The molecule has 0 radical (unpaired) electrons. The van der Waals surface area contributed by atoms with Gasteiger partial charge in [0.1, 0.15) is 0 Å². The monoisotopic (exact) mass is 374 g/mol. The minimum Gasteiger partial charge on any atom is -0.545 e. The zero-order chi connectivity index (χ0) is 15.1. The molecule has 0 heterocycles. The van der Waals surface area contributed by atoms with E-state index in [4.69, 9.17) is 23.2 Å². The van der Waals surface area contributed by atoms with Gasteiger partial charge in [0.2, 0.25) is 0 Å². The van der Waals surface area contributed by atoms with Crippen LogP contribution in [0, 0.1) is 0 Å². The van der Waals surface area contributed by atoms with Gasteiger partial charge in [-0.1, -0.05) is 47.5 Å². The summed E-state index contributed by atoms with van der Waals surface area (Å²) < 4.78 is 0. The van der Waals surface area contributed by atoms with Gasteiger partial charge in [0, 0.05) is 10.0 Å². The van der Waals surface area contributed by atoms with Crippen LogP contribution in [0.5, 0.6) is 0 Å². The maximum atomic E-state index is 10.2. The number of carbonyl (C=O) groups excluding carboxylic acids is 2. The molecule has 0 amide bonds. The van der Waals surface area contributed by atoms with E-state index < -0.39 is 11.9 Å². The van der Waals surface area contributed by atoms with Crippen LogP contribution in [-0.2, 0) is 19.5 Å². The van der Waals surface area contributed by atoms with Crippen LogP contribution >= 0.6 is 23.2 Å². The Bertz CT molecular complexity index is 576. The second-order valence-electron chi connectivity index (χ2n) is 3.60. The molecule has 0 spiro atoms. The Labute approximate surface area is 144 Å². The Morgan fingerprint density at radius 3 is 1.29 bits per heavy atom. The summed E-state index contributed by atoms with van der Waals surface area (Å²) >= 11 is 11.0. The molecule has 0 unspecified atom stereocenters. The van der Waals surface area contributed by atoms with Crippen molar-refractivity contribution in [1.29, 1.82) is 0 Å². The second-order valence-corrected chi connectivity index (χ2v) is 4.47. The van der Waals surface area contributed by atoms with Gasteiger partial charge in [-0.15, -0.1) is 0 Å². The van der Waals surface area contributed by atoms with E-state index in [9.17, 15) is 19.8 Å². The van der Waals surface area contributed by atoms with Crippen LogP contribution in [0.15, 0.2) is 48.5 Å². The van der Waals surface area contributed by atoms with Gasteiger partial charge < -0.3 is 19.8 Å². The number of halogens is 2. The summed E-state index contributed by atoms with van der Waals surface area (Å²) in [4.78, 5) is 20.4. The number of hydrogen-bond donors (Lipinski definition) is 0. The Kier molecular flexibility index (Phi) is 8.87. The van der Waals surface area contributed by atoms with Gasteiger partial charge >= 0.3 is 19.5 Å². The molecule has 7 heteroatoms. The number of carboxylic acid groups (broad SMARTS) is 2. The average molecular weight is 377 g/mol. The molecule has 0 bridgehead atoms. The molecule has 0 N–H and O–H groups in total. The van der Waals surface area contributed by atoms with Crippen molar-refractivity contribution in [3.63, 3.8) is 0 Å². The van der Waals surface area contributed by atoms with Gasteiger partial charge in [0.25, 0.3) is 0 Å². The molecule has 21 heavy (non-hydrogen) atoms. The van der Waals surface area contributed by atoms with E-state index in [1.54, 1.807) is 24.3 Å². The van der Waals surface area contributed by atoms with Crippen LogP contribution in [0.3, 0.4) is 0 Å². The van der Waals surface area contributed by atoms with Crippen molar-refractivity contribution >= 4 is 35.1 Å². The van der Waals surface area contributed by atoms with Crippen LogP contribution in [0.2, 0.25) is 10.0 Å². The quantitative estimate of drug-likeness (QED) is 0.742. The molecule has 4 nitrogen and oxygen atoms in total. The predicted octanol–water partition coefficient (Wildman–Crippen LogP) is 1.40. The van der Waals surface area contributed by atoms with Crippen LogP contribution in [-0.4, -0.2) is 11.9 Å². The van der Waals surface area contributed by atoms with Crippen LogP contribution in [0.1, 0.15) is 20.7 Å². The SMILES string of the molecule is O=C([O-])c1cccc(Cl)c1.O=C([O-])c1cccc(Cl)c1.[Zn+2]. The molecule has 0 aromatic heterocycles. The summed E-state index contributed by atoms with van der Waals surface area (Å²) in [6, 6.07) is 11.9. The normalized spacial score (nSPS) is 8.86. The molecule has 0 fully saturated rings. The first kappa shape index (κ1) is 19.6. The molecular weight excluding hydrogens is 368 g/mol. The van der Waals surface area contributed by atoms with Crippen molar-refractivity contribution in [1.82, 2.24) is 0 Å². The Morgan fingerprint density at radius 2 is 1.10 bits per heavy atom. The number of rotatable bonds is 2. The van der Waals surface area contributed by atoms with Crippen LogP contribution in [0.4, 0.5) is 0 Å². The van der Waals surface area contributed by atoms with E-state index >= 15 is 0 Å². The van der Waals surface area contributed by atoms with E-state index in [0.717, 1.165) is 0 Å². The Balaban J connectivity index is 0.000000364. The minimum atomic E-state index is -1.21. The fourth-order valence-corrected chi connectivity index (χ4v) is 1.61. The van der Waals surface area contributed by atoms with Crippen molar-refractivity contribution in [2.24, 2.45) is 0 Å². The van der Waals surface area contributed by atoms with Crippen LogP contribution < -0.4 is 10.2 Å². The molecule has 0 aliphatic carbocycles. The van der Waals surface area contributed by atoms with Crippen LogP contribution in [0.25, 0.3) is 0 Å². The van der Waals surface area contributed by atoms with Crippen molar-refractivity contribution in [3.05, 3.63) is 69.7 Å². The summed E-state index contributed by atoms with van der Waals surface area (Å²) in [6.07, 6.45) is 0. The standard InChI is InChI=1S/2C7H5ClO2.Zn/c2*8-6-3-1-2-5(4-6)7(9)10;/h2*1-4H,(H,9,10);/q;;+2/p-2. The van der Waals surface area contributed by atoms with E-state index in [1.807, 2.05) is 0 Å². The molecule has 0 atom stereocenters. The maximum Gasteiger partial charge on any atom is 2.00 e. The molecule has 0 saturated carbocycles. The molecule has 0 aliphatic rings. The maximum absolute atomic E-state index is 10.2. The number of carboxylic acids is 2. The molecular formula is C14H8Cl2O4Zn. The molecule has 104 valence electrons. The minimum absolute atomic E-state index is 0. The largest absolute Gasteiger partial charge is 2.00 e. The fourth-order valence-electron chi connectivity index (χ4n) is 1.23. The van der Waals surface area contributed by atoms with Gasteiger partial charge in [0.15, 0.2) is 0 Å². The smallest absolute Gasteiger partial charge is 0.545 e. The van der Waals surface area contributed by atoms with Crippen molar-refractivity contribution in [3.8, 4) is 0 Å². The third-order valence-electron chi connectivity index (χ3n) is 2.12. The number of carbonyl (C=O) groups is 2. The predicted molar refractivity (Wildman–Crippen MR) is 71.6 cm³/mol. The van der Waals surface area contributed by atoms with Gasteiger partial charge in [-0.2, -0.15) is 0 Å².